The molecule has 0 fully saturated rings. The van der Waals surface area contributed by atoms with Crippen molar-refractivity contribution < 1.29 is 22.7 Å². The number of anilines is 1. The number of carbonyl (C=O) groups is 2. The standard InChI is InChI=1S/C33H34ClN3O5S/c1-3-42-28-20-18-27(19-21-28)37(43(40,41)29-15-8-5-9-16-29)24-32(38)36(23-26-14-10-11-17-30(26)34)31(33(39)35-2)22-25-12-6-4-7-13-25/h4-21,31H,3,22-24H2,1-2H3,(H,35,39)/t31-/m0/s1. The van der Waals surface area contributed by atoms with Crippen molar-refractivity contribution in [3.63, 3.8) is 0 Å². The van der Waals surface area contributed by atoms with Gasteiger partial charge in [-0.15, -0.1) is 0 Å². The highest BCUT2D eigenvalue weighted by Crippen LogP contribution is 2.27. The summed E-state index contributed by atoms with van der Waals surface area (Å²) < 4.78 is 34.6. The van der Waals surface area contributed by atoms with Crippen LogP contribution in [0.25, 0.3) is 0 Å². The van der Waals surface area contributed by atoms with Crippen molar-refractivity contribution >= 4 is 39.1 Å². The first-order valence-electron chi connectivity index (χ1n) is 13.8. The van der Waals surface area contributed by atoms with E-state index < -0.39 is 28.5 Å². The number of likely N-dealkylation sites (N-methyl/N-ethyl adjacent to an activating group) is 1. The first kappa shape index (κ1) is 31.6. The Morgan fingerprint density at radius 3 is 2.07 bits per heavy atom. The smallest absolute Gasteiger partial charge is 0.264 e. The van der Waals surface area contributed by atoms with Gasteiger partial charge >= 0.3 is 0 Å². The van der Waals surface area contributed by atoms with Gasteiger partial charge in [-0.25, -0.2) is 8.42 Å². The van der Waals surface area contributed by atoms with Crippen molar-refractivity contribution in [3.8, 4) is 5.75 Å². The number of amides is 2. The molecular weight excluding hydrogens is 586 g/mol. The molecule has 0 heterocycles. The number of halogens is 1. The van der Waals surface area contributed by atoms with Crippen molar-refractivity contribution in [2.45, 2.75) is 30.8 Å². The summed E-state index contributed by atoms with van der Waals surface area (Å²) in [6, 6.07) is 29.9. The zero-order chi connectivity index (χ0) is 30.8. The molecule has 0 bridgehead atoms. The molecule has 0 aromatic heterocycles. The molecule has 1 N–H and O–H groups in total. The summed E-state index contributed by atoms with van der Waals surface area (Å²) in [7, 11) is -2.68. The fraction of sp³-hybridized carbons (Fsp3) is 0.212. The Balaban J connectivity index is 1.78. The number of hydrogen-bond donors (Lipinski definition) is 1. The molecule has 0 unspecified atom stereocenters. The van der Waals surface area contributed by atoms with Gasteiger partial charge in [0.2, 0.25) is 11.8 Å². The van der Waals surface area contributed by atoms with E-state index in [1.165, 1.54) is 24.1 Å². The molecule has 0 saturated carbocycles. The van der Waals surface area contributed by atoms with Gasteiger partial charge in [0.25, 0.3) is 10.0 Å². The molecule has 0 aliphatic rings. The lowest BCUT2D eigenvalue weighted by molar-refractivity contribution is -0.139. The number of ether oxygens (including phenoxy) is 1. The Morgan fingerprint density at radius 2 is 1.47 bits per heavy atom. The van der Waals surface area contributed by atoms with Crippen LogP contribution in [0.15, 0.2) is 114 Å². The second-order valence-electron chi connectivity index (χ2n) is 9.68. The molecule has 1 atom stereocenters. The lowest BCUT2D eigenvalue weighted by atomic mass is 10.0. The number of hydrogen-bond acceptors (Lipinski definition) is 5. The highest BCUT2D eigenvalue weighted by molar-refractivity contribution is 7.92. The Bertz CT molecular complexity index is 1620. The summed E-state index contributed by atoms with van der Waals surface area (Å²) in [5, 5.41) is 3.10. The minimum atomic E-state index is -4.18. The minimum Gasteiger partial charge on any atom is -0.494 e. The molecule has 224 valence electrons. The van der Waals surface area contributed by atoms with E-state index >= 15 is 0 Å². The van der Waals surface area contributed by atoms with Crippen LogP contribution in [0.1, 0.15) is 18.1 Å². The van der Waals surface area contributed by atoms with Gasteiger partial charge in [-0.2, -0.15) is 0 Å². The molecule has 0 aliphatic heterocycles. The molecule has 10 heteroatoms. The third-order valence-corrected chi connectivity index (χ3v) is 9.02. The second kappa shape index (κ2) is 14.7. The van der Waals surface area contributed by atoms with E-state index in [9.17, 15) is 18.0 Å². The maximum Gasteiger partial charge on any atom is 0.264 e. The van der Waals surface area contributed by atoms with Crippen LogP contribution in [-0.2, 0) is 32.6 Å². The first-order chi connectivity index (χ1) is 20.7. The number of carbonyl (C=O) groups excluding carboxylic acids is 2. The molecule has 8 nitrogen and oxygen atoms in total. The van der Waals surface area contributed by atoms with Crippen molar-refractivity contribution in [1.29, 1.82) is 0 Å². The molecule has 4 rings (SSSR count). The third-order valence-electron chi connectivity index (χ3n) is 6.86. The SMILES string of the molecule is CCOc1ccc(N(CC(=O)N(Cc2ccccc2Cl)[C@@H](Cc2ccccc2)C(=O)NC)S(=O)(=O)c2ccccc2)cc1. The minimum absolute atomic E-state index is 0.00801. The van der Waals surface area contributed by atoms with Gasteiger partial charge in [-0.3, -0.25) is 13.9 Å². The van der Waals surface area contributed by atoms with Crippen LogP contribution in [0.4, 0.5) is 5.69 Å². The third kappa shape index (κ3) is 7.94. The largest absolute Gasteiger partial charge is 0.494 e. The topological polar surface area (TPSA) is 96.0 Å². The van der Waals surface area contributed by atoms with Crippen LogP contribution in [-0.4, -0.2) is 51.4 Å². The molecular formula is C33H34ClN3O5S. The van der Waals surface area contributed by atoms with Crippen LogP contribution in [0.5, 0.6) is 5.75 Å². The van der Waals surface area contributed by atoms with Gasteiger partial charge in [0.05, 0.1) is 17.2 Å². The van der Waals surface area contributed by atoms with Crippen LogP contribution < -0.4 is 14.4 Å². The fourth-order valence-electron chi connectivity index (χ4n) is 4.65. The number of benzene rings is 4. The fourth-order valence-corrected chi connectivity index (χ4v) is 6.29. The number of sulfonamides is 1. The predicted molar refractivity (Wildman–Crippen MR) is 169 cm³/mol. The van der Waals surface area contributed by atoms with Crippen molar-refractivity contribution in [3.05, 3.63) is 125 Å². The zero-order valence-corrected chi connectivity index (χ0v) is 25.6. The average molecular weight is 620 g/mol. The molecule has 4 aromatic rings. The first-order valence-corrected chi connectivity index (χ1v) is 15.7. The monoisotopic (exact) mass is 619 g/mol. The summed E-state index contributed by atoms with van der Waals surface area (Å²) in [4.78, 5) is 29.1. The van der Waals surface area contributed by atoms with E-state index in [1.54, 1.807) is 66.7 Å². The van der Waals surface area contributed by atoms with Crippen molar-refractivity contribution in [2.24, 2.45) is 0 Å². The molecule has 2 amide bonds. The summed E-state index contributed by atoms with van der Waals surface area (Å²) in [5.74, 6) is -0.391. The Labute approximate surface area is 257 Å². The summed E-state index contributed by atoms with van der Waals surface area (Å²) in [6.07, 6.45) is 0.213. The molecule has 0 radical (unpaired) electrons. The van der Waals surface area contributed by atoms with Crippen LogP contribution >= 0.6 is 11.6 Å². The van der Waals surface area contributed by atoms with E-state index in [0.717, 1.165) is 9.87 Å². The highest BCUT2D eigenvalue weighted by Gasteiger charge is 2.34. The van der Waals surface area contributed by atoms with Gasteiger partial charge < -0.3 is 15.0 Å². The summed E-state index contributed by atoms with van der Waals surface area (Å²) in [5.41, 5.74) is 1.74. The zero-order valence-electron chi connectivity index (χ0n) is 24.0. The Morgan fingerprint density at radius 1 is 0.860 bits per heavy atom. The number of nitrogens with one attached hydrogen (secondary N) is 1. The van der Waals surface area contributed by atoms with Crippen molar-refractivity contribution in [1.82, 2.24) is 10.2 Å². The van der Waals surface area contributed by atoms with E-state index in [4.69, 9.17) is 16.3 Å². The maximum absolute atomic E-state index is 14.3. The molecule has 43 heavy (non-hydrogen) atoms. The number of nitrogens with zero attached hydrogens (tertiary/aromatic N) is 2. The maximum atomic E-state index is 14.3. The van der Waals surface area contributed by atoms with E-state index in [1.807, 2.05) is 37.3 Å². The summed E-state index contributed by atoms with van der Waals surface area (Å²) >= 11 is 6.49. The summed E-state index contributed by atoms with van der Waals surface area (Å²) in [6.45, 7) is 1.73. The lowest BCUT2D eigenvalue weighted by Gasteiger charge is -2.33. The Hall–Kier alpha value is -4.34. The van der Waals surface area contributed by atoms with Crippen LogP contribution in [0.3, 0.4) is 0 Å². The normalized spacial score (nSPS) is 11.8. The highest BCUT2D eigenvalue weighted by atomic mass is 35.5. The van der Waals surface area contributed by atoms with E-state index in [2.05, 4.69) is 5.32 Å². The Kier molecular flexibility index (Phi) is 10.8. The van der Waals surface area contributed by atoms with Gasteiger partial charge in [-0.05, 0) is 60.5 Å². The van der Waals surface area contributed by atoms with Crippen LogP contribution in [0, 0.1) is 0 Å². The lowest BCUT2D eigenvalue weighted by Crippen LogP contribution is -2.53. The molecule has 0 saturated heterocycles. The van der Waals surface area contributed by atoms with Gasteiger partial charge in [0.1, 0.15) is 18.3 Å². The van der Waals surface area contributed by atoms with Gasteiger partial charge in [-0.1, -0.05) is 78.3 Å². The van der Waals surface area contributed by atoms with Gasteiger partial charge in [0.15, 0.2) is 0 Å². The molecule has 0 spiro atoms. The van der Waals surface area contributed by atoms with Crippen LogP contribution in [0.2, 0.25) is 5.02 Å². The molecule has 4 aromatic carbocycles. The van der Waals surface area contributed by atoms with Crippen molar-refractivity contribution in [2.75, 3.05) is 24.5 Å². The predicted octanol–water partition coefficient (Wildman–Crippen LogP) is 5.32. The van der Waals surface area contributed by atoms with Gasteiger partial charge in [0, 0.05) is 25.0 Å². The van der Waals surface area contributed by atoms with E-state index in [0.29, 0.717) is 22.9 Å². The number of rotatable bonds is 13. The molecule has 0 aliphatic carbocycles. The second-order valence-corrected chi connectivity index (χ2v) is 12.0. The average Bonchev–Trinajstić information content (AvgIpc) is 3.03. The van der Waals surface area contributed by atoms with E-state index in [-0.39, 0.29) is 29.5 Å². The quantitative estimate of drug-likeness (QED) is 0.219.